The molecule has 0 atom stereocenters. The highest BCUT2D eigenvalue weighted by molar-refractivity contribution is 6.32. The normalized spacial score (nSPS) is 11.2. The van der Waals surface area contributed by atoms with Gasteiger partial charge in [-0.1, -0.05) is 24.6 Å². The Labute approximate surface area is 168 Å². The first-order chi connectivity index (χ1) is 13.4. The summed E-state index contributed by atoms with van der Waals surface area (Å²) in [5.74, 6) is 0.325. The van der Waals surface area contributed by atoms with Crippen LogP contribution in [0.4, 0.5) is 5.82 Å². The van der Waals surface area contributed by atoms with Gasteiger partial charge in [0, 0.05) is 29.2 Å². The van der Waals surface area contributed by atoms with Gasteiger partial charge in [0.1, 0.15) is 11.4 Å². The smallest absolute Gasteiger partial charge is 0.336 e. The van der Waals surface area contributed by atoms with Crippen LogP contribution in [0.25, 0.3) is 11.0 Å². The summed E-state index contributed by atoms with van der Waals surface area (Å²) >= 11 is 6.33. The van der Waals surface area contributed by atoms with Crippen LogP contribution in [0.3, 0.4) is 0 Å². The third-order valence-corrected chi connectivity index (χ3v) is 4.76. The van der Waals surface area contributed by atoms with Gasteiger partial charge in [0.25, 0.3) is 0 Å². The van der Waals surface area contributed by atoms with Crippen LogP contribution in [-0.2, 0) is 17.8 Å². The summed E-state index contributed by atoms with van der Waals surface area (Å²) in [4.78, 5) is 30.2. The number of nitrogens with zero attached hydrogens (tertiary/aromatic N) is 2. The molecule has 146 valence electrons. The maximum absolute atomic E-state index is 12.3. The van der Waals surface area contributed by atoms with E-state index in [1.54, 1.807) is 18.3 Å². The highest BCUT2D eigenvalue weighted by Gasteiger charge is 2.13. The average molecular weight is 400 g/mol. The van der Waals surface area contributed by atoms with Gasteiger partial charge in [0.15, 0.2) is 0 Å². The van der Waals surface area contributed by atoms with Crippen molar-refractivity contribution in [1.29, 1.82) is 0 Å². The first-order valence-electron chi connectivity index (χ1n) is 9.02. The van der Waals surface area contributed by atoms with Crippen LogP contribution >= 0.6 is 11.6 Å². The van der Waals surface area contributed by atoms with Gasteiger partial charge < -0.3 is 9.73 Å². The van der Waals surface area contributed by atoms with E-state index >= 15 is 0 Å². The molecule has 3 rings (SSSR count). The quantitative estimate of drug-likeness (QED) is 0.638. The van der Waals surface area contributed by atoms with E-state index in [0.717, 1.165) is 28.5 Å². The fourth-order valence-corrected chi connectivity index (χ4v) is 3.30. The van der Waals surface area contributed by atoms with E-state index in [-0.39, 0.29) is 12.5 Å². The number of rotatable bonds is 6. The van der Waals surface area contributed by atoms with Crippen molar-refractivity contribution in [1.82, 2.24) is 9.88 Å². The van der Waals surface area contributed by atoms with Crippen LogP contribution in [-0.4, -0.2) is 29.4 Å². The number of aryl methyl sites for hydroxylation is 2. The fraction of sp³-hybridized carbons (Fsp3) is 0.286. The number of anilines is 1. The Balaban J connectivity index is 1.76. The molecule has 3 aromatic rings. The molecule has 2 heterocycles. The summed E-state index contributed by atoms with van der Waals surface area (Å²) in [5, 5.41) is 4.17. The molecule has 0 bridgehead atoms. The zero-order valence-corrected chi connectivity index (χ0v) is 16.8. The molecule has 0 aliphatic heterocycles. The first kappa shape index (κ1) is 20.0. The lowest BCUT2D eigenvalue weighted by Gasteiger charge is -2.17. The van der Waals surface area contributed by atoms with Crippen molar-refractivity contribution >= 4 is 34.3 Å². The number of carbonyl (C=O) groups excluding carboxylic acids is 1. The Hall–Kier alpha value is -2.70. The zero-order chi connectivity index (χ0) is 20.3. The fourth-order valence-electron chi connectivity index (χ4n) is 3.01. The van der Waals surface area contributed by atoms with Gasteiger partial charge in [0.2, 0.25) is 5.91 Å². The lowest BCUT2D eigenvalue weighted by molar-refractivity contribution is -0.117. The molecule has 0 aliphatic rings. The summed E-state index contributed by atoms with van der Waals surface area (Å²) in [6.45, 7) is 4.48. The number of likely N-dealkylation sites (N-methyl/N-ethyl adjacent to an activating group) is 1. The molecule has 6 nitrogen and oxygen atoms in total. The van der Waals surface area contributed by atoms with Crippen LogP contribution in [0.1, 0.15) is 23.6 Å². The summed E-state index contributed by atoms with van der Waals surface area (Å²) in [5.41, 5.74) is 2.79. The van der Waals surface area contributed by atoms with Crippen molar-refractivity contribution < 1.29 is 9.21 Å². The van der Waals surface area contributed by atoms with Crippen molar-refractivity contribution in [2.45, 2.75) is 26.8 Å². The Morgan fingerprint density at radius 3 is 2.71 bits per heavy atom. The van der Waals surface area contributed by atoms with Gasteiger partial charge in [-0.05, 0) is 55.3 Å². The number of fused-ring (bicyclic) bond motifs is 1. The Morgan fingerprint density at radius 2 is 2.04 bits per heavy atom. The van der Waals surface area contributed by atoms with Crippen LogP contribution in [0.5, 0.6) is 0 Å². The number of carbonyl (C=O) groups is 1. The molecule has 1 aromatic carbocycles. The molecule has 7 heteroatoms. The number of hydrogen-bond donors (Lipinski definition) is 1. The maximum Gasteiger partial charge on any atom is 0.336 e. The molecule has 0 aliphatic carbocycles. The highest BCUT2D eigenvalue weighted by Crippen LogP contribution is 2.26. The minimum Gasteiger partial charge on any atom is -0.423 e. The van der Waals surface area contributed by atoms with Crippen LogP contribution in [0.2, 0.25) is 5.02 Å². The number of nitrogens with one attached hydrogen (secondary N) is 1. The molecule has 1 N–H and O–H groups in total. The molecule has 28 heavy (non-hydrogen) atoms. The molecule has 0 saturated heterocycles. The second kappa shape index (κ2) is 8.54. The van der Waals surface area contributed by atoms with E-state index in [9.17, 15) is 9.59 Å². The second-order valence-electron chi connectivity index (χ2n) is 6.83. The minimum absolute atomic E-state index is 0.151. The number of benzene rings is 1. The molecule has 0 unspecified atom stereocenters. The van der Waals surface area contributed by atoms with E-state index in [1.807, 2.05) is 37.9 Å². The summed E-state index contributed by atoms with van der Waals surface area (Å²) in [6, 6.07) is 8.71. The Bertz CT molecular complexity index is 1060. The van der Waals surface area contributed by atoms with Crippen molar-refractivity contribution in [2.24, 2.45) is 0 Å². The number of halogens is 1. The second-order valence-corrected chi connectivity index (χ2v) is 7.23. The molecule has 0 saturated carbocycles. The third-order valence-electron chi connectivity index (χ3n) is 4.41. The van der Waals surface area contributed by atoms with Crippen molar-refractivity contribution in [2.75, 3.05) is 18.9 Å². The van der Waals surface area contributed by atoms with Crippen LogP contribution in [0, 0.1) is 6.92 Å². The van der Waals surface area contributed by atoms with Crippen molar-refractivity contribution in [3.05, 3.63) is 68.7 Å². The highest BCUT2D eigenvalue weighted by atomic mass is 35.5. The number of amides is 1. The topological polar surface area (TPSA) is 75.4 Å². The maximum atomic E-state index is 12.3. The Morgan fingerprint density at radius 1 is 1.25 bits per heavy atom. The summed E-state index contributed by atoms with van der Waals surface area (Å²) in [6.07, 6.45) is 2.44. The molecule has 0 fully saturated rings. The molecular formula is C21H22ClN3O3. The minimum atomic E-state index is -0.423. The number of aromatic nitrogens is 1. The summed E-state index contributed by atoms with van der Waals surface area (Å²) in [7, 11) is 1.81. The number of hydrogen-bond acceptors (Lipinski definition) is 5. The van der Waals surface area contributed by atoms with Crippen LogP contribution < -0.4 is 10.9 Å². The van der Waals surface area contributed by atoms with Crippen LogP contribution in [0.15, 0.2) is 45.7 Å². The average Bonchev–Trinajstić information content (AvgIpc) is 2.63. The van der Waals surface area contributed by atoms with E-state index in [4.69, 9.17) is 16.0 Å². The van der Waals surface area contributed by atoms with Gasteiger partial charge in [0.05, 0.1) is 6.54 Å². The van der Waals surface area contributed by atoms with E-state index in [1.165, 1.54) is 6.07 Å². The van der Waals surface area contributed by atoms with Gasteiger partial charge in [-0.3, -0.25) is 9.69 Å². The zero-order valence-electron chi connectivity index (χ0n) is 16.1. The Kier molecular flexibility index (Phi) is 6.11. The molecule has 2 aromatic heterocycles. The lowest BCUT2D eigenvalue weighted by Crippen LogP contribution is -2.30. The number of pyridine rings is 1. The molecule has 0 spiro atoms. The van der Waals surface area contributed by atoms with E-state index < -0.39 is 5.63 Å². The van der Waals surface area contributed by atoms with Gasteiger partial charge in [-0.15, -0.1) is 0 Å². The van der Waals surface area contributed by atoms with Crippen molar-refractivity contribution in [3.63, 3.8) is 0 Å². The predicted octanol–water partition coefficient (Wildman–Crippen LogP) is 3.78. The predicted molar refractivity (Wildman–Crippen MR) is 111 cm³/mol. The third kappa shape index (κ3) is 4.77. The van der Waals surface area contributed by atoms with Gasteiger partial charge in [-0.2, -0.15) is 0 Å². The van der Waals surface area contributed by atoms with Crippen molar-refractivity contribution in [3.8, 4) is 0 Å². The van der Waals surface area contributed by atoms with Gasteiger partial charge >= 0.3 is 5.63 Å². The molecule has 0 radical (unpaired) electrons. The molecule has 1 amide bonds. The van der Waals surface area contributed by atoms with Gasteiger partial charge in [-0.25, -0.2) is 9.78 Å². The standard InChI is InChI=1S/C21H22ClN3O3/c1-4-14-7-18-16(9-17(14)22)15(8-21(27)28-18)11-25(3)12-20(26)24-19-6-5-13(2)10-23-19/h5-10H,4,11-12H2,1-3H3,(H,23,24,26). The monoisotopic (exact) mass is 399 g/mol. The summed E-state index contributed by atoms with van der Waals surface area (Å²) < 4.78 is 5.33. The van der Waals surface area contributed by atoms with E-state index in [0.29, 0.717) is 23.0 Å². The SMILES string of the molecule is CCc1cc2oc(=O)cc(CN(C)CC(=O)Nc3ccc(C)cn3)c2cc1Cl. The van der Waals surface area contributed by atoms with E-state index in [2.05, 4.69) is 10.3 Å². The first-order valence-corrected chi connectivity index (χ1v) is 9.39. The molecular weight excluding hydrogens is 378 g/mol. The largest absolute Gasteiger partial charge is 0.423 e. The lowest BCUT2D eigenvalue weighted by atomic mass is 10.1.